The van der Waals surface area contributed by atoms with Gasteiger partial charge in [0.05, 0.1) is 6.21 Å². The van der Waals surface area contributed by atoms with Gasteiger partial charge in [-0.25, -0.2) is 4.39 Å². The van der Waals surface area contributed by atoms with Crippen molar-refractivity contribution in [2.24, 2.45) is 10.9 Å². The quantitative estimate of drug-likeness (QED) is 0.435. The van der Waals surface area contributed by atoms with Gasteiger partial charge in [0, 0.05) is 4.47 Å². The molecule has 0 saturated carbocycles. The number of benzene rings is 1. The third kappa shape index (κ3) is 2.31. The Labute approximate surface area is 72.0 Å². The summed E-state index contributed by atoms with van der Waals surface area (Å²) in [6.07, 6.45) is 1.38. The van der Waals surface area contributed by atoms with E-state index < -0.39 is 0 Å². The number of hydrogen-bond donors (Lipinski definition) is 1. The van der Waals surface area contributed by atoms with Crippen molar-refractivity contribution in [1.29, 1.82) is 0 Å². The second kappa shape index (κ2) is 3.48. The van der Waals surface area contributed by atoms with Crippen LogP contribution in [0.4, 0.5) is 4.39 Å². The van der Waals surface area contributed by atoms with E-state index in [4.69, 9.17) is 5.84 Å². The fraction of sp³-hybridized carbons (Fsp3) is 0. The number of hydrogen-bond acceptors (Lipinski definition) is 2. The molecule has 0 aliphatic carbocycles. The van der Waals surface area contributed by atoms with Gasteiger partial charge in [0.2, 0.25) is 0 Å². The van der Waals surface area contributed by atoms with Gasteiger partial charge in [0.25, 0.3) is 0 Å². The fourth-order valence-corrected chi connectivity index (χ4v) is 1.22. The SMILES string of the molecule is N/N=C/c1cc(F)cc(Br)c1. The van der Waals surface area contributed by atoms with E-state index in [1.807, 2.05) is 0 Å². The smallest absolute Gasteiger partial charge is 0.124 e. The monoisotopic (exact) mass is 216 g/mol. The molecule has 0 unspecified atom stereocenters. The zero-order valence-corrected chi connectivity index (χ0v) is 7.18. The summed E-state index contributed by atoms with van der Waals surface area (Å²) in [7, 11) is 0. The number of halogens is 2. The molecular weight excluding hydrogens is 211 g/mol. The van der Waals surface area contributed by atoms with Crippen LogP contribution in [0.1, 0.15) is 5.56 Å². The van der Waals surface area contributed by atoms with Gasteiger partial charge < -0.3 is 5.84 Å². The molecule has 0 heterocycles. The standard InChI is InChI=1S/C7H6BrFN2/c8-6-1-5(4-11-10)2-7(9)3-6/h1-4H,10H2/b11-4+. The Kier molecular flexibility index (Phi) is 2.59. The largest absolute Gasteiger partial charge is 0.323 e. The van der Waals surface area contributed by atoms with Crippen molar-refractivity contribution in [2.45, 2.75) is 0 Å². The summed E-state index contributed by atoms with van der Waals surface area (Å²) in [6, 6.07) is 4.44. The molecule has 11 heavy (non-hydrogen) atoms. The Morgan fingerprint density at radius 3 is 2.73 bits per heavy atom. The number of nitrogens with zero attached hydrogens (tertiary/aromatic N) is 1. The summed E-state index contributed by atoms with van der Waals surface area (Å²) >= 11 is 3.14. The molecule has 58 valence electrons. The minimum atomic E-state index is -0.311. The van der Waals surface area contributed by atoms with Gasteiger partial charge >= 0.3 is 0 Å². The minimum Gasteiger partial charge on any atom is -0.323 e. The van der Waals surface area contributed by atoms with Crippen molar-refractivity contribution < 1.29 is 4.39 Å². The molecule has 0 spiro atoms. The highest BCUT2D eigenvalue weighted by Gasteiger charge is 1.95. The summed E-state index contributed by atoms with van der Waals surface area (Å²) in [5.74, 6) is 4.58. The lowest BCUT2D eigenvalue weighted by atomic mass is 10.2. The van der Waals surface area contributed by atoms with E-state index in [0.29, 0.717) is 10.0 Å². The van der Waals surface area contributed by atoms with Gasteiger partial charge in [0.1, 0.15) is 5.82 Å². The maximum absolute atomic E-state index is 12.6. The van der Waals surface area contributed by atoms with Crippen LogP contribution in [0, 0.1) is 5.82 Å². The molecular formula is C7H6BrFN2. The Morgan fingerprint density at radius 1 is 1.45 bits per heavy atom. The van der Waals surface area contributed by atoms with E-state index in [1.165, 1.54) is 18.3 Å². The summed E-state index contributed by atoms with van der Waals surface area (Å²) in [6.45, 7) is 0. The molecule has 1 rings (SSSR count). The highest BCUT2D eigenvalue weighted by Crippen LogP contribution is 2.13. The summed E-state index contributed by atoms with van der Waals surface area (Å²) < 4.78 is 13.3. The predicted molar refractivity (Wildman–Crippen MR) is 45.9 cm³/mol. The van der Waals surface area contributed by atoms with Gasteiger partial charge in [-0.2, -0.15) is 5.10 Å². The van der Waals surface area contributed by atoms with Gasteiger partial charge in [-0.05, 0) is 23.8 Å². The van der Waals surface area contributed by atoms with E-state index in [0.717, 1.165) is 0 Å². The van der Waals surface area contributed by atoms with E-state index in [9.17, 15) is 4.39 Å². The summed E-state index contributed by atoms with van der Waals surface area (Å²) in [4.78, 5) is 0. The number of hydrazone groups is 1. The molecule has 0 radical (unpaired) electrons. The van der Waals surface area contributed by atoms with Crippen LogP contribution in [-0.4, -0.2) is 6.21 Å². The molecule has 0 aromatic heterocycles. The van der Waals surface area contributed by atoms with Crippen LogP contribution >= 0.6 is 15.9 Å². The molecule has 0 saturated heterocycles. The van der Waals surface area contributed by atoms with Crippen LogP contribution in [0.3, 0.4) is 0 Å². The van der Waals surface area contributed by atoms with Crippen molar-refractivity contribution in [3.05, 3.63) is 34.1 Å². The number of rotatable bonds is 1. The highest BCUT2D eigenvalue weighted by atomic mass is 79.9. The Morgan fingerprint density at radius 2 is 2.18 bits per heavy atom. The first kappa shape index (κ1) is 8.20. The first-order chi connectivity index (χ1) is 5.22. The molecule has 0 aliphatic heterocycles. The van der Waals surface area contributed by atoms with Crippen molar-refractivity contribution in [3.8, 4) is 0 Å². The summed E-state index contributed by atoms with van der Waals surface area (Å²) in [5.41, 5.74) is 0.638. The maximum atomic E-state index is 12.6. The van der Waals surface area contributed by atoms with Crippen LogP contribution in [0.15, 0.2) is 27.8 Å². The van der Waals surface area contributed by atoms with Crippen molar-refractivity contribution in [1.82, 2.24) is 0 Å². The lowest BCUT2D eigenvalue weighted by Gasteiger charge is -1.94. The molecule has 0 fully saturated rings. The van der Waals surface area contributed by atoms with Gasteiger partial charge in [-0.3, -0.25) is 0 Å². The lowest BCUT2D eigenvalue weighted by molar-refractivity contribution is 0.627. The van der Waals surface area contributed by atoms with Gasteiger partial charge in [-0.1, -0.05) is 15.9 Å². The normalized spacial score (nSPS) is 10.7. The first-order valence-electron chi connectivity index (χ1n) is 2.92. The van der Waals surface area contributed by atoms with Crippen LogP contribution in [0.2, 0.25) is 0 Å². The van der Waals surface area contributed by atoms with Crippen molar-refractivity contribution >= 4 is 22.1 Å². The van der Waals surface area contributed by atoms with E-state index in [-0.39, 0.29) is 5.82 Å². The second-order valence-corrected chi connectivity index (χ2v) is 2.90. The minimum absolute atomic E-state index is 0.311. The third-order valence-corrected chi connectivity index (χ3v) is 1.57. The van der Waals surface area contributed by atoms with Gasteiger partial charge in [0.15, 0.2) is 0 Å². The van der Waals surface area contributed by atoms with Crippen LogP contribution in [-0.2, 0) is 0 Å². The molecule has 4 heteroatoms. The van der Waals surface area contributed by atoms with Gasteiger partial charge in [-0.15, -0.1) is 0 Å². The molecule has 0 atom stereocenters. The van der Waals surface area contributed by atoms with Crippen LogP contribution in [0.5, 0.6) is 0 Å². The zero-order chi connectivity index (χ0) is 8.27. The van der Waals surface area contributed by atoms with E-state index in [1.54, 1.807) is 6.07 Å². The first-order valence-corrected chi connectivity index (χ1v) is 3.71. The Bertz CT molecular complexity index is 266. The maximum Gasteiger partial charge on any atom is 0.124 e. The third-order valence-electron chi connectivity index (χ3n) is 1.11. The molecule has 1 aromatic carbocycles. The topological polar surface area (TPSA) is 38.4 Å². The molecule has 1 aromatic rings. The average molecular weight is 217 g/mol. The number of nitrogens with two attached hydrogens (primary N) is 1. The van der Waals surface area contributed by atoms with Crippen molar-refractivity contribution in [2.75, 3.05) is 0 Å². The van der Waals surface area contributed by atoms with Crippen LogP contribution < -0.4 is 5.84 Å². The van der Waals surface area contributed by atoms with E-state index in [2.05, 4.69) is 21.0 Å². The average Bonchev–Trinajstić information content (AvgIpc) is 1.85. The molecule has 0 aliphatic rings. The summed E-state index contributed by atoms with van der Waals surface area (Å²) in [5, 5.41) is 3.28. The molecule has 0 amide bonds. The zero-order valence-electron chi connectivity index (χ0n) is 5.59. The van der Waals surface area contributed by atoms with Crippen molar-refractivity contribution in [3.63, 3.8) is 0 Å². The van der Waals surface area contributed by atoms with E-state index >= 15 is 0 Å². The molecule has 2 N–H and O–H groups in total. The predicted octanol–water partition coefficient (Wildman–Crippen LogP) is 1.88. The lowest BCUT2D eigenvalue weighted by Crippen LogP contribution is -1.87. The Balaban J connectivity index is 3.08. The molecule has 2 nitrogen and oxygen atoms in total. The second-order valence-electron chi connectivity index (χ2n) is 1.98. The molecule has 0 bridgehead atoms. The fourth-order valence-electron chi connectivity index (χ4n) is 0.736. The van der Waals surface area contributed by atoms with Crippen LogP contribution in [0.25, 0.3) is 0 Å². The Hall–Kier alpha value is -0.900. The highest BCUT2D eigenvalue weighted by molar-refractivity contribution is 9.10.